The lowest BCUT2D eigenvalue weighted by Gasteiger charge is -2.25. The third kappa shape index (κ3) is 3.18. The van der Waals surface area contributed by atoms with Crippen molar-refractivity contribution in [3.05, 3.63) is 77.6 Å². The molecule has 0 aromatic heterocycles. The van der Waals surface area contributed by atoms with E-state index in [1.807, 2.05) is 43.3 Å². The Bertz CT molecular complexity index is 802. The highest BCUT2D eigenvalue weighted by Crippen LogP contribution is 2.32. The summed E-state index contributed by atoms with van der Waals surface area (Å²) in [5.74, 6) is -0.696. The quantitative estimate of drug-likeness (QED) is 0.845. The van der Waals surface area contributed by atoms with Gasteiger partial charge in [-0.25, -0.2) is 9.18 Å². The molecule has 0 bridgehead atoms. The molecule has 1 heterocycles. The fourth-order valence-electron chi connectivity index (χ4n) is 3.02. The van der Waals surface area contributed by atoms with Crippen LogP contribution in [0, 0.1) is 5.82 Å². The van der Waals surface area contributed by atoms with E-state index in [-0.39, 0.29) is 18.3 Å². The van der Waals surface area contributed by atoms with Gasteiger partial charge >= 0.3 is 6.03 Å². The largest absolute Gasteiger partial charge is 0.325 e. The SMILES string of the molecule is CC[C@]1(c2ccc(F)cc2)NC(=O)N(C/C=C\c2ccccc2)C1=O. The number of hydrogen-bond acceptors (Lipinski definition) is 2. The average Bonchev–Trinajstić information content (AvgIpc) is 2.88. The van der Waals surface area contributed by atoms with Gasteiger partial charge in [0.05, 0.1) is 0 Å². The Morgan fingerprint density at radius 2 is 1.76 bits per heavy atom. The Kier molecular flexibility index (Phi) is 4.65. The first-order chi connectivity index (χ1) is 12.1. The third-order valence-corrected chi connectivity index (χ3v) is 4.44. The van der Waals surface area contributed by atoms with Gasteiger partial charge in [-0.15, -0.1) is 0 Å². The predicted octanol–water partition coefficient (Wildman–Crippen LogP) is 3.70. The molecule has 4 nitrogen and oxygen atoms in total. The number of hydrogen-bond donors (Lipinski definition) is 1. The molecule has 1 aliphatic heterocycles. The summed E-state index contributed by atoms with van der Waals surface area (Å²) in [6.45, 7) is 2.01. The van der Waals surface area contributed by atoms with E-state index in [4.69, 9.17) is 0 Å². The number of rotatable bonds is 5. The zero-order valence-corrected chi connectivity index (χ0v) is 13.9. The van der Waals surface area contributed by atoms with E-state index in [1.165, 1.54) is 17.0 Å². The van der Waals surface area contributed by atoms with Crippen molar-refractivity contribution in [2.75, 3.05) is 6.54 Å². The molecule has 128 valence electrons. The molecule has 1 saturated heterocycles. The van der Waals surface area contributed by atoms with Crippen LogP contribution >= 0.6 is 0 Å². The molecular formula is C20H19FN2O2. The van der Waals surface area contributed by atoms with Gasteiger partial charge in [0.25, 0.3) is 5.91 Å². The first-order valence-corrected chi connectivity index (χ1v) is 8.18. The maximum atomic E-state index is 13.2. The normalized spacial score (nSPS) is 20.3. The first-order valence-electron chi connectivity index (χ1n) is 8.18. The van der Waals surface area contributed by atoms with Crippen molar-refractivity contribution in [1.82, 2.24) is 10.2 Å². The summed E-state index contributed by atoms with van der Waals surface area (Å²) in [4.78, 5) is 26.4. The topological polar surface area (TPSA) is 49.4 Å². The van der Waals surface area contributed by atoms with Gasteiger partial charge in [0, 0.05) is 6.54 Å². The molecule has 0 aliphatic carbocycles. The minimum atomic E-state index is -1.13. The van der Waals surface area contributed by atoms with Crippen LogP contribution in [0.2, 0.25) is 0 Å². The van der Waals surface area contributed by atoms with Crippen LogP contribution in [0.3, 0.4) is 0 Å². The lowest BCUT2D eigenvalue weighted by atomic mass is 9.87. The third-order valence-electron chi connectivity index (χ3n) is 4.44. The number of imide groups is 1. The second-order valence-electron chi connectivity index (χ2n) is 5.92. The van der Waals surface area contributed by atoms with Crippen LogP contribution in [0.5, 0.6) is 0 Å². The number of halogens is 1. The number of carbonyl (C=O) groups is 2. The zero-order valence-electron chi connectivity index (χ0n) is 13.9. The monoisotopic (exact) mass is 338 g/mol. The van der Waals surface area contributed by atoms with Gasteiger partial charge in [-0.2, -0.15) is 0 Å². The van der Waals surface area contributed by atoms with Crippen molar-refractivity contribution in [2.24, 2.45) is 0 Å². The molecule has 2 aromatic carbocycles. The Morgan fingerprint density at radius 1 is 1.08 bits per heavy atom. The molecule has 1 atom stereocenters. The van der Waals surface area contributed by atoms with Crippen LogP contribution in [0.4, 0.5) is 9.18 Å². The van der Waals surface area contributed by atoms with E-state index in [2.05, 4.69) is 5.32 Å². The molecule has 1 aliphatic rings. The zero-order chi connectivity index (χ0) is 17.9. The van der Waals surface area contributed by atoms with Crippen LogP contribution in [-0.4, -0.2) is 23.4 Å². The van der Waals surface area contributed by atoms with Crippen molar-refractivity contribution in [1.29, 1.82) is 0 Å². The summed E-state index contributed by atoms with van der Waals surface area (Å²) in [5, 5.41) is 2.78. The van der Waals surface area contributed by atoms with Crippen LogP contribution in [0.25, 0.3) is 6.08 Å². The molecule has 5 heteroatoms. The Morgan fingerprint density at radius 3 is 2.40 bits per heavy atom. The van der Waals surface area contributed by atoms with Gasteiger partial charge in [-0.05, 0) is 29.7 Å². The van der Waals surface area contributed by atoms with Crippen molar-refractivity contribution >= 4 is 18.0 Å². The summed E-state index contributed by atoms with van der Waals surface area (Å²) in [5.41, 5.74) is 0.449. The summed E-state index contributed by atoms with van der Waals surface area (Å²) < 4.78 is 13.2. The van der Waals surface area contributed by atoms with E-state index < -0.39 is 11.6 Å². The highest BCUT2D eigenvalue weighted by Gasteiger charge is 2.50. The van der Waals surface area contributed by atoms with E-state index in [0.29, 0.717) is 12.0 Å². The lowest BCUT2D eigenvalue weighted by molar-refractivity contribution is -0.131. The molecular weight excluding hydrogens is 319 g/mol. The van der Waals surface area contributed by atoms with Gasteiger partial charge in [-0.1, -0.05) is 61.5 Å². The number of amides is 3. The maximum absolute atomic E-state index is 13.2. The highest BCUT2D eigenvalue weighted by atomic mass is 19.1. The molecule has 0 spiro atoms. The molecule has 25 heavy (non-hydrogen) atoms. The van der Waals surface area contributed by atoms with Crippen LogP contribution in [0.15, 0.2) is 60.7 Å². The van der Waals surface area contributed by atoms with Gasteiger partial charge in [0.2, 0.25) is 0 Å². The smallest absolute Gasteiger partial charge is 0.319 e. The van der Waals surface area contributed by atoms with Gasteiger partial charge < -0.3 is 5.32 Å². The number of nitrogens with one attached hydrogen (secondary N) is 1. The second-order valence-corrected chi connectivity index (χ2v) is 5.92. The minimum Gasteiger partial charge on any atom is -0.319 e. The standard InChI is InChI=1S/C20H19FN2O2/c1-2-20(16-10-12-17(21)13-11-16)18(24)23(19(25)22-20)14-6-9-15-7-4-3-5-8-15/h3-13H,2,14H2,1H3,(H,22,25)/b9-6-/t20-/m1/s1. The Labute approximate surface area is 146 Å². The fourth-order valence-corrected chi connectivity index (χ4v) is 3.02. The lowest BCUT2D eigenvalue weighted by Crippen LogP contribution is -2.43. The number of nitrogens with zero attached hydrogens (tertiary/aromatic N) is 1. The fraction of sp³-hybridized carbons (Fsp3) is 0.200. The number of carbonyl (C=O) groups excluding carboxylic acids is 2. The molecule has 2 aromatic rings. The molecule has 0 saturated carbocycles. The summed E-state index contributed by atoms with van der Waals surface area (Å²) >= 11 is 0. The van der Waals surface area contributed by atoms with E-state index in [9.17, 15) is 14.0 Å². The van der Waals surface area contributed by atoms with Crippen molar-refractivity contribution in [2.45, 2.75) is 18.9 Å². The molecule has 3 rings (SSSR count). The van der Waals surface area contributed by atoms with E-state index in [1.54, 1.807) is 18.2 Å². The summed E-state index contributed by atoms with van der Waals surface area (Å²) in [6, 6.07) is 14.9. The van der Waals surface area contributed by atoms with Crippen molar-refractivity contribution in [3.63, 3.8) is 0 Å². The predicted molar refractivity (Wildman–Crippen MR) is 94.1 cm³/mol. The summed E-state index contributed by atoms with van der Waals surface area (Å²) in [6.07, 6.45) is 4.04. The van der Waals surface area contributed by atoms with E-state index >= 15 is 0 Å². The van der Waals surface area contributed by atoms with Crippen LogP contribution < -0.4 is 5.32 Å². The second kappa shape index (κ2) is 6.89. The Balaban J connectivity index is 1.81. The van der Waals surface area contributed by atoms with Gasteiger partial charge in [0.1, 0.15) is 11.4 Å². The van der Waals surface area contributed by atoms with Gasteiger partial charge in [-0.3, -0.25) is 9.69 Å². The van der Waals surface area contributed by atoms with Crippen LogP contribution in [-0.2, 0) is 10.3 Å². The number of benzene rings is 2. The Hall–Kier alpha value is -2.95. The molecule has 1 N–H and O–H groups in total. The average molecular weight is 338 g/mol. The minimum absolute atomic E-state index is 0.183. The molecule has 1 fully saturated rings. The maximum Gasteiger partial charge on any atom is 0.325 e. The highest BCUT2D eigenvalue weighted by molar-refractivity contribution is 6.07. The van der Waals surface area contributed by atoms with Gasteiger partial charge in [0.15, 0.2) is 0 Å². The molecule has 3 amide bonds. The molecule has 0 unspecified atom stereocenters. The molecule has 0 radical (unpaired) electrons. The number of urea groups is 1. The van der Waals surface area contributed by atoms with E-state index in [0.717, 1.165) is 5.56 Å². The van der Waals surface area contributed by atoms with Crippen LogP contribution in [0.1, 0.15) is 24.5 Å². The van der Waals surface area contributed by atoms with Crippen molar-refractivity contribution < 1.29 is 14.0 Å². The summed E-state index contributed by atoms with van der Waals surface area (Å²) in [7, 11) is 0. The van der Waals surface area contributed by atoms with Crippen molar-refractivity contribution in [3.8, 4) is 0 Å². The first kappa shape index (κ1) is 16.9.